The zero-order chi connectivity index (χ0) is 16.5. The molecule has 2 heterocycles. The van der Waals surface area contributed by atoms with Gasteiger partial charge >= 0.3 is 0 Å². The molecule has 0 atom stereocenters. The van der Waals surface area contributed by atoms with Crippen molar-refractivity contribution in [1.82, 2.24) is 10.2 Å². The lowest BCUT2D eigenvalue weighted by atomic mass is 10.0. The maximum Gasteiger partial charge on any atom is 0.224 e. The molecular formula is C18H23ClN2O3. The summed E-state index contributed by atoms with van der Waals surface area (Å²) in [6.07, 6.45) is 5.11. The molecule has 1 aliphatic carbocycles. The van der Waals surface area contributed by atoms with E-state index in [4.69, 9.17) is 21.1 Å². The molecule has 0 aromatic heterocycles. The van der Waals surface area contributed by atoms with Gasteiger partial charge in [0, 0.05) is 25.2 Å². The van der Waals surface area contributed by atoms with Gasteiger partial charge in [0.1, 0.15) is 13.2 Å². The molecule has 0 spiro atoms. The number of amides is 1. The average molecular weight is 351 g/mol. The van der Waals surface area contributed by atoms with Crippen molar-refractivity contribution in [3.05, 3.63) is 22.7 Å². The number of carbonyl (C=O) groups is 1. The predicted octanol–water partition coefficient (Wildman–Crippen LogP) is 2.40. The van der Waals surface area contributed by atoms with Gasteiger partial charge < -0.3 is 19.7 Å². The highest BCUT2D eigenvalue weighted by Gasteiger charge is 2.32. The topological polar surface area (TPSA) is 50.8 Å². The lowest BCUT2D eigenvalue weighted by Gasteiger charge is -2.32. The Morgan fingerprint density at radius 3 is 2.67 bits per heavy atom. The van der Waals surface area contributed by atoms with Gasteiger partial charge in [-0.1, -0.05) is 11.6 Å². The van der Waals surface area contributed by atoms with Crippen LogP contribution in [0.2, 0.25) is 5.02 Å². The highest BCUT2D eigenvalue weighted by molar-refractivity contribution is 6.32. The van der Waals surface area contributed by atoms with Gasteiger partial charge in [-0.15, -0.1) is 0 Å². The first-order chi connectivity index (χ1) is 11.7. The summed E-state index contributed by atoms with van der Waals surface area (Å²) in [4.78, 5) is 14.9. The number of ether oxygens (including phenoxy) is 2. The molecule has 3 aliphatic rings. The molecule has 1 N–H and O–H groups in total. The highest BCUT2D eigenvalue weighted by Crippen LogP contribution is 2.38. The number of halogens is 1. The monoisotopic (exact) mass is 350 g/mol. The van der Waals surface area contributed by atoms with Gasteiger partial charge in [0.05, 0.1) is 11.4 Å². The lowest BCUT2D eigenvalue weighted by molar-refractivity contribution is -0.121. The van der Waals surface area contributed by atoms with Crippen molar-refractivity contribution >= 4 is 17.5 Å². The summed E-state index contributed by atoms with van der Waals surface area (Å²) in [6.45, 7) is 3.22. The van der Waals surface area contributed by atoms with Crippen LogP contribution in [0.4, 0.5) is 0 Å². The van der Waals surface area contributed by atoms with Gasteiger partial charge in [0.15, 0.2) is 11.5 Å². The summed E-state index contributed by atoms with van der Waals surface area (Å²) in [5.74, 6) is 1.27. The van der Waals surface area contributed by atoms with Crippen LogP contribution in [0.5, 0.6) is 11.5 Å². The van der Waals surface area contributed by atoms with Gasteiger partial charge in [-0.05, 0) is 43.4 Å². The van der Waals surface area contributed by atoms with Gasteiger partial charge in [-0.25, -0.2) is 0 Å². The van der Waals surface area contributed by atoms with E-state index in [1.54, 1.807) is 6.07 Å². The molecule has 1 aromatic carbocycles. The highest BCUT2D eigenvalue weighted by atomic mass is 35.5. The summed E-state index contributed by atoms with van der Waals surface area (Å²) in [6, 6.07) is 4.77. The zero-order valence-electron chi connectivity index (χ0n) is 13.7. The number of likely N-dealkylation sites (tertiary alicyclic amines) is 1. The third kappa shape index (κ3) is 3.62. The van der Waals surface area contributed by atoms with Gasteiger partial charge in [0.2, 0.25) is 5.91 Å². The maximum atomic E-state index is 12.3. The van der Waals surface area contributed by atoms with Crippen LogP contribution >= 0.6 is 11.6 Å². The first-order valence-electron chi connectivity index (χ1n) is 8.80. The molecule has 1 aromatic rings. The summed E-state index contributed by atoms with van der Waals surface area (Å²) >= 11 is 6.23. The molecule has 2 aliphatic heterocycles. The molecule has 24 heavy (non-hydrogen) atoms. The van der Waals surface area contributed by atoms with Gasteiger partial charge in [-0.3, -0.25) is 4.79 Å². The number of benzene rings is 1. The van der Waals surface area contributed by atoms with E-state index in [0.29, 0.717) is 42.2 Å². The van der Waals surface area contributed by atoms with Crippen molar-refractivity contribution in [1.29, 1.82) is 0 Å². The second-order valence-corrected chi connectivity index (χ2v) is 7.29. The summed E-state index contributed by atoms with van der Waals surface area (Å²) in [5.41, 5.74) is 0.858. The molecular weight excluding hydrogens is 328 g/mol. The normalized spacial score (nSPS) is 21.5. The number of carbonyl (C=O) groups excluding carboxylic acids is 1. The van der Waals surface area contributed by atoms with Gasteiger partial charge in [-0.2, -0.15) is 0 Å². The van der Waals surface area contributed by atoms with Crippen molar-refractivity contribution in [2.75, 3.05) is 26.3 Å². The van der Waals surface area contributed by atoms with E-state index < -0.39 is 0 Å². The van der Waals surface area contributed by atoms with E-state index in [1.807, 2.05) is 6.07 Å². The van der Waals surface area contributed by atoms with Crippen LogP contribution in [0.15, 0.2) is 12.1 Å². The molecule has 6 heteroatoms. The molecule has 4 rings (SSSR count). The average Bonchev–Trinajstić information content (AvgIpc) is 3.40. The largest absolute Gasteiger partial charge is 0.486 e. The van der Waals surface area contributed by atoms with Crippen molar-refractivity contribution < 1.29 is 14.3 Å². The summed E-state index contributed by atoms with van der Waals surface area (Å²) in [5, 5.41) is 3.67. The van der Waals surface area contributed by atoms with Crippen LogP contribution in [0.25, 0.3) is 0 Å². The molecule has 5 nitrogen and oxygen atoms in total. The molecule has 0 radical (unpaired) electrons. The third-order valence-electron chi connectivity index (χ3n) is 4.98. The molecule has 0 bridgehead atoms. The van der Waals surface area contributed by atoms with Crippen molar-refractivity contribution in [3.8, 4) is 11.5 Å². The Bertz CT molecular complexity index is 625. The van der Waals surface area contributed by atoms with E-state index in [-0.39, 0.29) is 5.91 Å². The SMILES string of the molecule is O=C(Cc1cc(Cl)c2c(c1)OCCO2)NC1CCN(C2CC2)CC1. The van der Waals surface area contributed by atoms with E-state index >= 15 is 0 Å². The van der Waals surface area contributed by atoms with Crippen LogP contribution in [0, 0.1) is 0 Å². The van der Waals surface area contributed by atoms with E-state index in [0.717, 1.165) is 37.5 Å². The second-order valence-electron chi connectivity index (χ2n) is 6.89. The second kappa shape index (κ2) is 6.81. The molecule has 0 unspecified atom stereocenters. The first kappa shape index (κ1) is 16.0. The third-order valence-corrected chi connectivity index (χ3v) is 5.26. The van der Waals surface area contributed by atoms with Crippen molar-refractivity contribution in [3.63, 3.8) is 0 Å². The minimum atomic E-state index is 0.0487. The number of nitrogens with zero attached hydrogens (tertiary/aromatic N) is 1. The summed E-state index contributed by atoms with van der Waals surface area (Å²) < 4.78 is 11.1. The van der Waals surface area contributed by atoms with Crippen LogP contribution < -0.4 is 14.8 Å². The molecule has 1 saturated carbocycles. The van der Waals surface area contributed by atoms with Crippen LogP contribution in [0.1, 0.15) is 31.2 Å². The quantitative estimate of drug-likeness (QED) is 0.906. The summed E-state index contributed by atoms with van der Waals surface area (Å²) in [7, 11) is 0. The Labute approximate surface area is 147 Å². The minimum absolute atomic E-state index is 0.0487. The smallest absolute Gasteiger partial charge is 0.224 e. The number of hydrogen-bond donors (Lipinski definition) is 1. The van der Waals surface area contributed by atoms with Crippen LogP contribution in [-0.2, 0) is 11.2 Å². The molecule has 1 saturated heterocycles. The fraction of sp³-hybridized carbons (Fsp3) is 0.611. The zero-order valence-corrected chi connectivity index (χ0v) is 14.5. The standard InChI is InChI=1S/C18H23ClN2O3/c19-15-9-12(10-16-18(15)24-8-7-23-16)11-17(22)20-13-3-5-21(6-4-13)14-1-2-14/h9-10,13-14H,1-8,11H2,(H,20,22). The van der Waals surface area contributed by atoms with Crippen LogP contribution in [0.3, 0.4) is 0 Å². The number of nitrogens with one attached hydrogen (secondary N) is 1. The Balaban J connectivity index is 1.32. The first-order valence-corrected chi connectivity index (χ1v) is 9.18. The minimum Gasteiger partial charge on any atom is -0.486 e. The number of rotatable bonds is 4. The molecule has 130 valence electrons. The predicted molar refractivity (Wildman–Crippen MR) is 91.9 cm³/mol. The van der Waals surface area contributed by atoms with Crippen molar-refractivity contribution in [2.24, 2.45) is 0 Å². The van der Waals surface area contributed by atoms with E-state index in [9.17, 15) is 4.79 Å². The Hall–Kier alpha value is -1.46. The van der Waals surface area contributed by atoms with E-state index in [2.05, 4.69) is 10.2 Å². The lowest BCUT2D eigenvalue weighted by Crippen LogP contribution is -2.45. The maximum absolute atomic E-state index is 12.3. The number of hydrogen-bond acceptors (Lipinski definition) is 4. The fourth-order valence-corrected chi connectivity index (χ4v) is 3.87. The molecule has 2 fully saturated rings. The molecule has 1 amide bonds. The Kier molecular flexibility index (Phi) is 4.55. The van der Waals surface area contributed by atoms with E-state index in [1.165, 1.54) is 12.8 Å². The number of piperidine rings is 1. The number of fused-ring (bicyclic) bond motifs is 1. The van der Waals surface area contributed by atoms with Gasteiger partial charge in [0.25, 0.3) is 0 Å². The Morgan fingerprint density at radius 2 is 1.92 bits per heavy atom. The fourth-order valence-electron chi connectivity index (χ4n) is 3.58. The Morgan fingerprint density at radius 1 is 1.17 bits per heavy atom. The van der Waals surface area contributed by atoms with Crippen molar-refractivity contribution in [2.45, 2.75) is 44.2 Å². The van der Waals surface area contributed by atoms with Crippen LogP contribution in [-0.4, -0.2) is 49.2 Å².